The second-order valence-corrected chi connectivity index (χ2v) is 6.32. The van der Waals surface area contributed by atoms with Gasteiger partial charge in [-0.3, -0.25) is 5.10 Å². The molecular weight excluding hydrogens is 318 g/mol. The number of halogens is 1. The maximum Gasteiger partial charge on any atom is 0.335 e. The smallest absolute Gasteiger partial charge is 0.335 e. The molecule has 0 saturated heterocycles. The fraction of sp³-hybridized carbons (Fsp3) is 0.167. The van der Waals surface area contributed by atoms with Crippen molar-refractivity contribution in [2.75, 3.05) is 6.54 Å². The minimum Gasteiger partial charge on any atom is -0.478 e. The van der Waals surface area contributed by atoms with Gasteiger partial charge in [-0.1, -0.05) is 11.6 Å². The number of benzene rings is 1. The lowest BCUT2D eigenvalue weighted by atomic mass is 10.2. The summed E-state index contributed by atoms with van der Waals surface area (Å²) in [4.78, 5) is 10.6. The van der Waals surface area contributed by atoms with Crippen LogP contribution < -0.4 is 4.72 Å². The molecule has 0 fully saturated rings. The molecular formula is C12H12ClN3O4S. The number of aromatic amines is 1. The first-order valence-corrected chi connectivity index (χ1v) is 7.77. The molecule has 0 saturated carbocycles. The number of carbonyl (C=O) groups is 1. The second-order valence-electron chi connectivity index (χ2n) is 4.18. The molecule has 7 nitrogen and oxygen atoms in total. The zero-order chi connectivity index (χ0) is 15.5. The summed E-state index contributed by atoms with van der Waals surface area (Å²) < 4.78 is 26.7. The molecule has 0 aliphatic rings. The Morgan fingerprint density at radius 1 is 1.38 bits per heavy atom. The van der Waals surface area contributed by atoms with Crippen LogP contribution in [0.1, 0.15) is 16.1 Å². The Bertz CT molecular complexity index is 744. The molecule has 1 aromatic heterocycles. The number of aromatic carboxylic acids is 1. The van der Waals surface area contributed by atoms with Crippen molar-refractivity contribution in [1.82, 2.24) is 14.9 Å². The van der Waals surface area contributed by atoms with Crippen molar-refractivity contribution in [3.05, 3.63) is 46.7 Å². The van der Waals surface area contributed by atoms with Gasteiger partial charge in [0, 0.05) is 24.9 Å². The molecule has 112 valence electrons. The Labute approximate surface area is 126 Å². The van der Waals surface area contributed by atoms with Crippen molar-refractivity contribution >= 4 is 27.6 Å². The van der Waals surface area contributed by atoms with E-state index >= 15 is 0 Å². The van der Waals surface area contributed by atoms with Crippen LogP contribution in [0.3, 0.4) is 0 Å². The van der Waals surface area contributed by atoms with Crippen LogP contribution in [0.25, 0.3) is 0 Å². The topological polar surface area (TPSA) is 112 Å². The van der Waals surface area contributed by atoms with Gasteiger partial charge in [0.15, 0.2) is 0 Å². The van der Waals surface area contributed by atoms with Crippen molar-refractivity contribution in [1.29, 1.82) is 0 Å². The van der Waals surface area contributed by atoms with E-state index in [1.54, 1.807) is 12.3 Å². The Morgan fingerprint density at radius 3 is 2.76 bits per heavy atom. The van der Waals surface area contributed by atoms with Gasteiger partial charge in [-0.05, 0) is 24.3 Å². The number of nitrogens with one attached hydrogen (secondary N) is 2. The van der Waals surface area contributed by atoms with E-state index in [1.165, 1.54) is 12.1 Å². The summed E-state index contributed by atoms with van der Waals surface area (Å²) in [5.74, 6) is -1.22. The zero-order valence-corrected chi connectivity index (χ0v) is 12.3. The first-order chi connectivity index (χ1) is 9.90. The quantitative estimate of drug-likeness (QED) is 0.739. The molecule has 0 bridgehead atoms. The molecule has 0 radical (unpaired) electrons. The van der Waals surface area contributed by atoms with Crippen molar-refractivity contribution in [2.45, 2.75) is 11.3 Å². The van der Waals surface area contributed by atoms with Gasteiger partial charge in [0.05, 0.1) is 10.6 Å². The fourth-order valence-corrected chi connectivity index (χ4v) is 3.22. The molecule has 0 atom stereocenters. The van der Waals surface area contributed by atoms with Gasteiger partial charge >= 0.3 is 5.97 Å². The highest BCUT2D eigenvalue weighted by Gasteiger charge is 2.19. The number of hydrogen-bond acceptors (Lipinski definition) is 4. The largest absolute Gasteiger partial charge is 0.478 e. The molecule has 0 spiro atoms. The van der Waals surface area contributed by atoms with E-state index in [-0.39, 0.29) is 22.0 Å². The average molecular weight is 330 g/mol. The lowest BCUT2D eigenvalue weighted by Gasteiger charge is -2.08. The van der Waals surface area contributed by atoms with Gasteiger partial charge in [0.1, 0.15) is 4.90 Å². The summed E-state index contributed by atoms with van der Waals surface area (Å²) in [5.41, 5.74) is 0.636. The Kier molecular flexibility index (Phi) is 4.61. The summed E-state index contributed by atoms with van der Waals surface area (Å²) in [6.45, 7) is 0.137. The number of hydrogen-bond donors (Lipinski definition) is 3. The van der Waals surface area contributed by atoms with Gasteiger partial charge in [-0.2, -0.15) is 5.10 Å². The van der Waals surface area contributed by atoms with Crippen LogP contribution in [0.4, 0.5) is 0 Å². The van der Waals surface area contributed by atoms with Gasteiger partial charge in [0.25, 0.3) is 0 Å². The van der Waals surface area contributed by atoms with Crippen LogP contribution in [-0.4, -0.2) is 36.2 Å². The standard InChI is InChI=1S/C12H12ClN3O4S/c13-10-2-1-8(12(17)18)7-11(10)21(19,20)15-6-4-9-3-5-14-16-9/h1-3,5,7,15H,4,6H2,(H,14,16)(H,17,18). The van der Waals surface area contributed by atoms with Crippen LogP contribution in [0.5, 0.6) is 0 Å². The molecule has 2 aromatic rings. The summed E-state index contributed by atoms with van der Waals surface area (Å²) in [6, 6.07) is 5.25. The van der Waals surface area contributed by atoms with E-state index in [2.05, 4.69) is 14.9 Å². The van der Waals surface area contributed by atoms with Crippen molar-refractivity contribution in [3.63, 3.8) is 0 Å². The van der Waals surface area contributed by atoms with Crippen molar-refractivity contribution in [2.24, 2.45) is 0 Å². The molecule has 0 aliphatic carbocycles. The molecule has 21 heavy (non-hydrogen) atoms. The average Bonchev–Trinajstić information content (AvgIpc) is 2.91. The minimum atomic E-state index is -3.88. The number of H-pyrrole nitrogens is 1. The minimum absolute atomic E-state index is 0.0333. The summed E-state index contributed by atoms with van der Waals surface area (Å²) in [6.07, 6.45) is 1.99. The van der Waals surface area contributed by atoms with E-state index in [4.69, 9.17) is 16.7 Å². The fourth-order valence-electron chi connectivity index (χ4n) is 1.66. The van der Waals surface area contributed by atoms with Gasteiger partial charge < -0.3 is 5.11 Å². The molecule has 1 heterocycles. The summed E-state index contributed by atoms with van der Waals surface area (Å²) >= 11 is 5.84. The maximum absolute atomic E-state index is 12.1. The third kappa shape index (κ3) is 3.81. The maximum atomic E-state index is 12.1. The highest BCUT2D eigenvalue weighted by molar-refractivity contribution is 7.89. The normalized spacial score (nSPS) is 11.5. The number of rotatable bonds is 6. The third-order valence-electron chi connectivity index (χ3n) is 2.71. The van der Waals surface area contributed by atoms with Crippen molar-refractivity contribution in [3.8, 4) is 0 Å². The van der Waals surface area contributed by atoms with Gasteiger partial charge in [0.2, 0.25) is 10.0 Å². The monoisotopic (exact) mass is 329 g/mol. The Balaban J connectivity index is 2.15. The van der Waals surface area contributed by atoms with Gasteiger partial charge in [-0.25, -0.2) is 17.9 Å². The number of carboxylic acid groups (broad SMARTS) is 1. The van der Waals surface area contributed by atoms with E-state index in [0.29, 0.717) is 6.42 Å². The molecule has 0 aliphatic heterocycles. The van der Waals surface area contributed by atoms with E-state index < -0.39 is 16.0 Å². The molecule has 2 rings (SSSR count). The van der Waals surface area contributed by atoms with E-state index in [1.807, 2.05) is 0 Å². The number of nitrogens with zero attached hydrogens (tertiary/aromatic N) is 1. The molecule has 1 aromatic carbocycles. The first-order valence-electron chi connectivity index (χ1n) is 5.91. The number of sulfonamides is 1. The molecule has 0 amide bonds. The van der Waals surface area contributed by atoms with E-state index in [0.717, 1.165) is 11.8 Å². The first kappa shape index (κ1) is 15.5. The lowest BCUT2D eigenvalue weighted by molar-refractivity contribution is 0.0696. The predicted octanol–water partition coefficient (Wildman–Crippen LogP) is 1.28. The Morgan fingerprint density at radius 2 is 2.14 bits per heavy atom. The third-order valence-corrected chi connectivity index (χ3v) is 4.66. The van der Waals surface area contributed by atoms with Crippen LogP contribution in [0.15, 0.2) is 35.4 Å². The molecule has 9 heteroatoms. The highest BCUT2D eigenvalue weighted by Crippen LogP contribution is 2.22. The van der Waals surface area contributed by atoms with E-state index in [9.17, 15) is 13.2 Å². The summed E-state index contributed by atoms with van der Waals surface area (Å²) in [7, 11) is -3.88. The number of carboxylic acids is 1. The number of aromatic nitrogens is 2. The van der Waals surface area contributed by atoms with Crippen molar-refractivity contribution < 1.29 is 18.3 Å². The second kappa shape index (κ2) is 6.25. The summed E-state index contributed by atoms with van der Waals surface area (Å²) in [5, 5.41) is 15.3. The lowest BCUT2D eigenvalue weighted by Crippen LogP contribution is -2.26. The molecule has 3 N–H and O–H groups in total. The van der Waals surface area contributed by atoms with Crippen LogP contribution in [0, 0.1) is 0 Å². The van der Waals surface area contributed by atoms with Crippen LogP contribution in [0.2, 0.25) is 5.02 Å². The van der Waals surface area contributed by atoms with Crippen LogP contribution in [-0.2, 0) is 16.4 Å². The van der Waals surface area contributed by atoms with Gasteiger partial charge in [-0.15, -0.1) is 0 Å². The highest BCUT2D eigenvalue weighted by atomic mass is 35.5. The predicted molar refractivity (Wildman–Crippen MR) is 75.9 cm³/mol. The zero-order valence-electron chi connectivity index (χ0n) is 10.7. The molecule has 0 unspecified atom stereocenters. The SMILES string of the molecule is O=C(O)c1ccc(Cl)c(S(=O)(=O)NCCc2ccn[nH]2)c1. The van der Waals surface area contributed by atoms with Crippen LogP contribution >= 0.6 is 11.6 Å². The Hall–Kier alpha value is -1.90.